The molecule has 2 aromatic carbocycles. The number of alkyl halides is 3. The van der Waals surface area contributed by atoms with Gasteiger partial charge in [-0.05, 0) is 24.1 Å². The van der Waals surface area contributed by atoms with Crippen molar-refractivity contribution < 1.29 is 22.7 Å². The third-order valence-corrected chi connectivity index (χ3v) is 3.73. The zero-order valence-electron chi connectivity index (χ0n) is 14.1. The summed E-state index contributed by atoms with van der Waals surface area (Å²) in [5, 5.41) is 6.17. The molecule has 1 N–H and O–H groups in total. The summed E-state index contributed by atoms with van der Waals surface area (Å²) in [6.07, 6.45) is -4.30. The molecule has 0 saturated heterocycles. The number of nitrogens with zero attached hydrogens (tertiary/aromatic N) is 2. The van der Waals surface area contributed by atoms with Crippen molar-refractivity contribution in [2.24, 2.45) is 0 Å². The second kappa shape index (κ2) is 7.94. The summed E-state index contributed by atoms with van der Waals surface area (Å²) in [7, 11) is 0. The predicted octanol–water partition coefficient (Wildman–Crippen LogP) is 4.22. The molecular formula is C19H16F3N3O2. The Morgan fingerprint density at radius 1 is 1.04 bits per heavy atom. The Balaban J connectivity index is 1.71. The van der Waals surface area contributed by atoms with E-state index < -0.39 is 23.7 Å². The molecule has 5 nitrogen and oxygen atoms in total. The largest absolute Gasteiger partial charge is 0.437 e. The van der Waals surface area contributed by atoms with Gasteiger partial charge in [-0.25, -0.2) is 9.48 Å². The minimum Gasteiger partial charge on any atom is -0.406 e. The van der Waals surface area contributed by atoms with Crippen LogP contribution in [0.2, 0.25) is 0 Å². The SMILES string of the molecule is O=C(NCCc1ccccc1)Oc1cnn(-c2ccccc2)c1C(F)(F)F. The van der Waals surface area contributed by atoms with Crippen molar-refractivity contribution in [3.8, 4) is 11.4 Å². The third-order valence-electron chi connectivity index (χ3n) is 3.73. The summed E-state index contributed by atoms with van der Waals surface area (Å²) in [4.78, 5) is 11.9. The number of hydrogen-bond donors (Lipinski definition) is 1. The van der Waals surface area contributed by atoms with E-state index in [4.69, 9.17) is 4.74 Å². The molecule has 0 spiro atoms. The topological polar surface area (TPSA) is 56.1 Å². The number of hydrogen-bond acceptors (Lipinski definition) is 3. The number of para-hydroxylation sites is 1. The van der Waals surface area contributed by atoms with Crippen LogP contribution in [0.4, 0.5) is 18.0 Å². The lowest BCUT2D eigenvalue weighted by Crippen LogP contribution is -2.29. The summed E-state index contributed by atoms with van der Waals surface area (Å²) >= 11 is 0. The molecule has 0 fully saturated rings. The maximum absolute atomic E-state index is 13.5. The predicted molar refractivity (Wildman–Crippen MR) is 92.7 cm³/mol. The van der Waals surface area contributed by atoms with Crippen molar-refractivity contribution in [1.82, 2.24) is 15.1 Å². The number of benzene rings is 2. The Bertz CT molecular complexity index is 894. The Morgan fingerprint density at radius 3 is 2.30 bits per heavy atom. The number of carbonyl (C=O) groups is 1. The van der Waals surface area contributed by atoms with Gasteiger partial charge in [0, 0.05) is 6.54 Å². The maximum atomic E-state index is 13.5. The summed E-state index contributed by atoms with van der Waals surface area (Å²) in [6.45, 7) is 0.233. The first-order valence-electron chi connectivity index (χ1n) is 8.15. The van der Waals surface area contributed by atoms with Crippen molar-refractivity contribution in [2.75, 3.05) is 6.54 Å². The molecule has 3 aromatic rings. The zero-order chi connectivity index (χ0) is 19.3. The van der Waals surface area contributed by atoms with Crippen LogP contribution < -0.4 is 10.1 Å². The Kier molecular flexibility index (Phi) is 5.44. The highest BCUT2D eigenvalue weighted by Crippen LogP contribution is 2.37. The van der Waals surface area contributed by atoms with Crippen molar-refractivity contribution in [1.29, 1.82) is 0 Å². The molecule has 1 aromatic heterocycles. The van der Waals surface area contributed by atoms with Gasteiger partial charge in [-0.2, -0.15) is 18.3 Å². The molecule has 8 heteroatoms. The summed E-state index contributed by atoms with van der Waals surface area (Å²) in [6, 6.07) is 17.2. The normalized spacial score (nSPS) is 11.2. The van der Waals surface area contributed by atoms with Gasteiger partial charge in [0.2, 0.25) is 0 Å². The minimum absolute atomic E-state index is 0.212. The van der Waals surface area contributed by atoms with Crippen molar-refractivity contribution in [3.05, 3.63) is 78.1 Å². The fraction of sp³-hybridized carbons (Fsp3) is 0.158. The third kappa shape index (κ3) is 4.66. The van der Waals surface area contributed by atoms with Crippen LogP contribution in [-0.2, 0) is 12.6 Å². The smallest absolute Gasteiger partial charge is 0.406 e. The van der Waals surface area contributed by atoms with Crippen LogP contribution in [0.25, 0.3) is 5.69 Å². The average molecular weight is 375 g/mol. The van der Waals surface area contributed by atoms with Crippen LogP contribution in [0.1, 0.15) is 11.3 Å². The molecule has 0 aliphatic heterocycles. The molecular weight excluding hydrogens is 359 g/mol. The molecule has 0 aliphatic carbocycles. The lowest BCUT2D eigenvalue weighted by Gasteiger charge is -2.12. The summed E-state index contributed by atoms with van der Waals surface area (Å²) in [5.41, 5.74) is 0.0572. The fourth-order valence-electron chi connectivity index (χ4n) is 2.52. The standard InChI is InChI=1S/C19H16F3N3O2/c20-19(21,22)17-16(13-24-25(17)15-9-5-2-6-10-15)27-18(26)23-12-11-14-7-3-1-4-8-14/h1-10,13H,11-12H2,(H,23,26). The van der Waals surface area contributed by atoms with Crippen LogP contribution in [0.3, 0.4) is 0 Å². The van der Waals surface area contributed by atoms with E-state index in [-0.39, 0.29) is 12.2 Å². The van der Waals surface area contributed by atoms with Gasteiger partial charge >= 0.3 is 12.3 Å². The zero-order valence-corrected chi connectivity index (χ0v) is 14.1. The number of ether oxygens (including phenoxy) is 1. The number of rotatable bonds is 5. The minimum atomic E-state index is -4.74. The van der Waals surface area contributed by atoms with Crippen molar-refractivity contribution in [2.45, 2.75) is 12.6 Å². The number of carbonyl (C=O) groups excluding carboxylic acids is 1. The van der Waals surface area contributed by atoms with Gasteiger partial charge in [-0.3, -0.25) is 0 Å². The van der Waals surface area contributed by atoms with Crippen LogP contribution in [-0.4, -0.2) is 22.4 Å². The van der Waals surface area contributed by atoms with E-state index in [1.54, 1.807) is 18.2 Å². The Labute approximate surface area is 153 Å². The molecule has 140 valence electrons. The van der Waals surface area contributed by atoms with E-state index in [1.165, 1.54) is 12.1 Å². The van der Waals surface area contributed by atoms with Crippen molar-refractivity contribution >= 4 is 6.09 Å². The van der Waals surface area contributed by atoms with Gasteiger partial charge in [0.1, 0.15) is 0 Å². The molecule has 0 aliphatic rings. The van der Waals surface area contributed by atoms with Gasteiger partial charge in [0.25, 0.3) is 0 Å². The lowest BCUT2D eigenvalue weighted by atomic mass is 10.1. The lowest BCUT2D eigenvalue weighted by molar-refractivity contribution is -0.143. The van der Waals surface area contributed by atoms with Gasteiger partial charge in [0.15, 0.2) is 11.4 Å². The second-order valence-electron chi connectivity index (χ2n) is 5.65. The first-order chi connectivity index (χ1) is 12.9. The van der Waals surface area contributed by atoms with Crippen molar-refractivity contribution in [3.63, 3.8) is 0 Å². The highest BCUT2D eigenvalue weighted by atomic mass is 19.4. The van der Waals surface area contributed by atoms with E-state index >= 15 is 0 Å². The van der Waals surface area contributed by atoms with E-state index in [0.717, 1.165) is 11.8 Å². The quantitative estimate of drug-likeness (QED) is 0.726. The summed E-state index contributed by atoms with van der Waals surface area (Å²) < 4.78 is 46.0. The fourth-order valence-corrected chi connectivity index (χ4v) is 2.52. The first kappa shape index (κ1) is 18.5. The van der Waals surface area contributed by atoms with Gasteiger partial charge in [-0.15, -0.1) is 0 Å². The van der Waals surface area contributed by atoms with E-state index in [0.29, 0.717) is 11.1 Å². The van der Waals surface area contributed by atoms with Crippen LogP contribution in [0, 0.1) is 0 Å². The average Bonchev–Trinajstić information content (AvgIpc) is 3.07. The highest BCUT2D eigenvalue weighted by Gasteiger charge is 2.40. The van der Waals surface area contributed by atoms with Crippen LogP contribution in [0.15, 0.2) is 66.9 Å². The highest BCUT2D eigenvalue weighted by molar-refractivity contribution is 5.70. The van der Waals surface area contributed by atoms with Gasteiger partial charge < -0.3 is 10.1 Å². The summed E-state index contributed by atoms with van der Waals surface area (Å²) in [5.74, 6) is -0.649. The molecule has 0 unspecified atom stereocenters. The molecule has 0 saturated carbocycles. The number of aromatic nitrogens is 2. The molecule has 0 bridgehead atoms. The molecule has 1 amide bonds. The molecule has 1 heterocycles. The number of amides is 1. The Morgan fingerprint density at radius 2 is 1.67 bits per heavy atom. The van der Waals surface area contributed by atoms with Crippen LogP contribution in [0.5, 0.6) is 5.75 Å². The Hall–Kier alpha value is -3.29. The van der Waals surface area contributed by atoms with E-state index in [9.17, 15) is 18.0 Å². The van der Waals surface area contributed by atoms with Gasteiger partial charge in [0.05, 0.1) is 11.9 Å². The molecule has 0 radical (unpaired) electrons. The van der Waals surface area contributed by atoms with Gasteiger partial charge in [-0.1, -0.05) is 48.5 Å². The van der Waals surface area contributed by atoms with E-state index in [2.05, 4.69) is 10.4 Å². The molecule has 3 rings (SSSR count). The number of halogens is 3. The maximum Gasteiger partial charge on any atom is 0.437 e. The van der Waals surface area contributed by atoms with E-state index in [1.807, 2.05) is 30.3 Å². The first-order valence-corrected chi connectivity index (χ1v) is 8.15. The molecule has 27 heavy (non-hydrogen) atoms. The second-order valence-corrected chi connectivity index (χ2v) is 5.65. The number of nitrogens with one attached hydrogen (secondary N) is 1. The monoisotopic (exact) mass is 375 g/mol. The molecule has 0 atom stereocenters. The van der Waals surface area contributed by atoms with Crippen LogP contribution >= 0.6 is 0 Å².